The van der Waals surface area contributed by atoms with E-state index >= 15 is 0 Å². The van der Waals surface area contributed by atoms with Crippen LogP contribution in [0.3, 0.4) is 0 Å². The van der Waals surface area contributed by atoms with Gasteiger partial charge in [0, 0.05) is 9.81 Å². The predicted molar refractivity (Wildman–Crippen MR) is 51.9 cm³/mol. The van der Waals surface area contributed by atoms with Crippen molar-refractivity contribution in [2.75, 3.05) is 0 Å². The zero-order chi connectivity index (χ0) is 8.88. The summed E-state index contributed by atoms with van der Waals surface area (Å²) in [6.07, 6.45) is 2.20. The largest absolute Gasteiger partial charge is 0.250 e. The number of hydrogen-bond acceptors (Lipinski definition) is 1. The van der Waals surface area contributed by atoms with Gasteiger partial charge in [0.05, 0.1) is 10.8 Å². The molecule has 12 heavy (non-hydrogen) atoms. The molecule has 0 bridgehead atoms. The van der Waals surface area contributed by atoms with Gasteiger partial charge in [-0.15, -0.1) is 0 Å². The first-order valence-corrected chi connectivity index (χ1v) is 5.58. The Morgan fingerprint density at radius 2 is 2.00 bits per heavy atom. The minimum absolute atomic E-state index is 0.710. The van der Waals surface area contributed by atoms with Crippen LogP contribution in [0.15, 0.2) is 21.0 Å². The topological polar surface area (TPSA) is 17.1 Å². The fraction of sp³-hybridized carbons (Fsp3) is 0.600. The Hall–Kier alpha value is -0.370. The van der Waals surface area contributed by atoms with Gasteiger partial charge in [-0.1, -0.05) is 6.92 Å². The molecule has 1 heterocycles. The fourth-order valence-corrected chi connectivity index (χ4v) is 3.73. The molecule has 1 aliphatic heterocycles. The van der Waals surface area contributed by atoms with Crippen LogP contribution in [0.4, 0.5) is 0 Å². The van der Waals surface area contributed by atoms with Gasteiger partial charge in [0.15, 0.2) is 0 Å². The normalized spacial score (nSPS) is 34.9. The molecule has 0 fully saturated rings. The molecule has 2 atom stereocenters. The molecule has 0 amide bonds. The van der Waals surface area contributed by atoms with E-state index in [0.29, 0.717) is 5.92 Å². The monoisotopic (exact) mass is 182 g/mol. The van der Waals surface area contributed by atoms with E-state index in [9.17, 15) is 4.21 Å². The number of hydrogen-bond donors (Lipinski definition) is 0. The predicted octanol–water partition coefficient (Wildman–Crippen LogP) is 2.73. The highest BCUT2D eigenvalue weighted by Crippen LogP contribution is 2.44. The first-order valence-electron chi connectivity index (χ1n) is 4.43. The third-order valence-electron chi connectivity index (χ3n) is 2.91. The van der Waals surface area contributed by atoms with Crippen LogP contribution in [0.25, 0.3) is 0 Å². The lowest BCUT2D eigenvalue weighted by Gasteiger charge is -2.05. The molecular formula is C10H14OS. The summed E-state index contributed by atoms with van der Waals surface area (Å²) in [6, 6.07) is 0. The summed E-state index contributed by atoms with van der Waals surface area (Å²) in [6.45, 7) is 6.33. The van der Waals surface area contributed by atoms with Gasteiger partial charge in [0.25, 0.3) is 0 Å². The first kappa shape index (κ1) is 8.24. The number of rotatable bonds is 0. The van der Waals surface area contributed by atoms with Crippen LogP contribution in [0.1, 0.15) is 33.6 Å². The molecule has 0 N–H and O–H groups in total. The summed E-state index contributed by atoms with van der Waals surface area (Å²) in [7, 11) is -0.765. The lowest BCUT2D eigenvalue weighted by molar-refractivity contribution is 0.623. The van der Waals surface area contributed by atoms with Crippen LogP contribution in [0.5, 0.6) is 0 Å². The Labute approximate surface area is 76.0 Å². The van der Waals surface area contributed by atoms with Crippen molar-refractivity contribution in [1.82, 2.24) is 0 Å². The Morgan fingerprint density at radius 3 is 2.58 bits per heavy atom. The molecular weight excluding hydrogens is 168 g/mol. The van der Waals surface area contributed by atoms with Crippen molar-refractivity contribution in [3.8, 4) is 0 Å². The van der Waals surface area contributed by atoms with Crippen LogP contribution >= 0.6 is 0 Å². The second kappa shape index (κ2) is 2.56. The van der Waals surface area contributed by atoms with Crippen molar-refractivity contribution in [3.63, 3.8) is 0 Å². The summed E-state index contributed by atoms with van der Waals surface area (Å²) in [4.78, 5) is 2.31. The molecule has 0 radical (unpaired) electrons. The second-order valence-corrected chi connectivity index (χ2v) is 5.51. The van der Waals surface area contributed by atoms with E-state index in [0.717, 1.165) is 17.7 Å². The zero-order valence-corrected chi connectivity index (χ0v) is 8.62. The van der Waals surface area contributed by atoms with E-state index in [4.69, 9.17) is 0 Å². The van der Waals surface area contributed by atoms with Gasteiger partial charge in [0.1, 0.15) is 0 Å². The smallest absolute Gasteiger partial charge is 0.0769 e. The Kier molecular flexibility index (Phi) is 1.76. The molecule has 0 saturated heterocycles. The Bertz CT molecular complexity index is 323. The Morgan fingerprint density at radius 1 is 1.33 bits per heavy atom. The quantitative estimate of drug-likeness (QED) is 0.563. The SMILES string of the molecule is CC1=C(C)S(=O)C2=C1CC(C)C2. The second-order valence-electron chi connectivity index (χ2n) is 3.87. The summed E-state index contributed by atoms with van der Waals surface area (Å²) in [5, 5.41) is 0. The maximum absolute atomic E-state index is 11.7. The molecule has 0 saturated carbocycles. The molecule has 66 valence electrons. The molecule has 1 aliphatic carbocycles. The van der Waals surface area contributed by atoms with Crippen LogP contribution in [0.2, 0.25) is 0 Å². The minimum atomic E-state index is -0.765. The van der Waals surface area contributed by atoms with Gasteiger partial charge in [-0.3, -0.25) is 0 Å². The lowest BCUT2D eigenvalue weighted by atomic mass is 10.0. The molecule has 2 heteroatoms. The molecule has 0 aromatic rings. The van der Waals surface area contributed by atoms with Gasteiger partial charge in [-0.25, -0.2) is 4.21 Å². The van der Waals surface area contributed by atoms with Crippen LogP contribution in [-0.2, 0) is 10.8 Å². The van der Waals surface area contributed by atoms with E-state index in [-0.39, 0.29) is 0 Å². The van der Waals surface area contributed by atoms with Crippen molar-refractivity contribution in [1.29, 1.82) is 0 Å². The lowest BCUT2D eigenvalue weighted by Crippen LogP contribution is -1.95. The summed E-state index contributed by atoms with van der Waals surface area (Å²) in [5.41, 5.74) is 2.70. The van der Waals surface area contributed by atoms with E-state index < -0.39 is 10.8 Å². The van der Waals surface area contributed by atoms with Gasteiger partial charge < -0.3 is 0 Å². The van der Waals surface area contributed by atoms with Crippen molar-refractivity contribution in [2.24, 2.45) is 5.92 Å². The van der Waals surface area contributed by atoms with E-state index in [2.05, 4.69) is 13.8 Å². The number of allylic oxidation sites excluding steroid dienone is 4. The van der Waals surface area contributed by atoms with Crippen molar-refractivity contribution in [3.05, 3.63) is 21.0 Å². The molecule has 0 aromatic carbocycles. The summed E-state index contributed by atoms with van der Waals surface area (Å²) >= 11 is 0. The maximum atomic E-state index is 11.7. The minimum Gasteiger partial charge on any atom is -0.250 e. The van der Waals surface area contributed by atoms with E-state index in [1.807, 2.05) is 6.92 Å². The highest BCUT2D eigenvalue weighted by Gasteiger charge is 2.32. The summed E-state index contributed by atoms with van der Waals surface area (Å²) in [5.74, 6) is 0.710. The first-order chi connectivity index (χ1) is 5.61. The van der Waals surface area contributed by atoms with Crippen molar-refractivity contribution < 1.29 is 4.21 Å². The molecule has 1 nitrogen and oxygen atoms in total. The maximum Gasteiger partial charge on any atom is 0.0769 e. The van der Waals surface area contributed by atoms with Gasteiger partial charge >= 0.3 is 0 Å². The van der Waals surface area contributed by atoms with E-state index in [1.165, 1.54) is 16.1 Å². The molecule has 2 aliphatic rings. The average Bonchev–Trinajstić information content (AvgIpc) is 2.49. The Balaban J connectivity index is 2.44. The average molecular weight is 182 g/mol. The van der Waals surface area contributed by atoms with Gasteiger partial charge in [-0.2, -0.15) is 0 Å². The molecule has 0 spiro atoms. The van der Waals surface area contributed by atoms with Gasteiger partial charge in [0.2, 0.25) is 0 Å². The van der Waals surface area contributed by atoms with Gasteiger partial charge in [-0.05, 0) is 43.8 Å². The third kappa shape index (κ3) is 0.939. The highest BCUT2D eigenvalue weighted by molar-refractivity contribution is 7.93. The molecule has 2 rings (SSSR count). The molecule has 2 unspecified atom stereocenters. The van der Waals surface area contributed by atoms with Crippen LogP contribution in [-0.4, -0.2) is 4.21 Å². The van der Waals surface area contributed by atoms with E-state index in [1.54, 1.807) is 0 Å². The van der Waals surface area contributed by atoms with Crippen molar-refractivity contribution in [2.45, 2.75) is 33.6 Å². The zero-order valence-electron chi connectivity index (χ0n) is 7.81. The highest BCUT2D eigenvalue weighted by atomic mass is 32.2. The molecule has 0 aromatic heterocycles. The van der Waals surface area contributed by atoms with Crippen molar-refractivity contribution >= 4 is 10.8 Å². The summed E-state index contributed by atoms with van der Waals surface area (Å²) < 4.78 is 11.7. The van der Waals surface area contributed by atoms with Crippen LogP contribution in [0, 0.1) is 5.92 Å². The van der Waals surface area contributed by atoms with Crippen LogP contribution < -0.4 is 0 Å². The fourth-order valence-electron chi connectivity index (χ4n) is 2.06. The third-order valence-corrected chi connectivity index (χ3v) is 4.63. The standard InChI is InChI=1S/C10H14OS/c1-6-4-9-7(2)8(3)12(11)10(9)5-6/h6H,4-5H2,1-3H3.